The zero-order valence-corrected chi connectivity index (χ0v) is 20.4. The zero-order chi connectivity index (χ0) is 27.1. The SMILES string of the molecule is [C-]#[N+]/C(c1cc(C#N)c(F)cc1F)=c1\c2ccsc2/c(=C(/C#N)c2cc([N+]#[C-])c(F)cc2F)c2ccsc12. The van der Waals surface area contributed by atoms with Gasteiger partial charge in [-0.2, -0.15) is 10.5 Å². The van der Waals surface area contributed by atoms with Gasteiger partial charge in [-0.25, -0.2) is 27.3 Å². The Kier molecular flexibility index (Phi) is 6.15. The van der Waals surface area contributed by atoms with Gasteiger partial charge >= 0.3 is 0 Å². The molecule has 3 aromatic carbocycles. The third kappa shape index (κ3) is 3.69. The molecule has 5 aromatic rings. The second kappa shape index (κ2) is 9.47. The Morgan fingerprint density at radius 1 is 0.763 bits per heavy atom. The number of thiophene rings is 2. The van der Waals surface area contributed by atoms with Crippen molar-refractivity contribution in [3.05, 3.63) is 120 Å². The summed E-state index contributed by atoms with van der Waals surface area (Å²) in [5.74, 6) is -4.14. The Morgan fingerprint density at radius 2 is 1.37 bits per heavy atom. The van der Waals surface area contributed by atoms with Gasteiger partial charge in [-0.15, -0.1) is 22.7 Å². The average Bonchev–Trinajstić information content (AvgIpc) is 3.58. The van der Waals surface area contributed by atoms with Gasteiger partial charge in [-0.05, 0) is 46.5 Å². The Labute approximate surface area is 220 Å². The van der Waals surface area contributed by atoms with Crippen molar-refractivity contribution in [1.29, 1.82) is 10.5 Å². The fourth-order valence-electron chi connectivity index (χ4n) is 4.26. The van der Waals surface area contributed by atoms with E-state index in [2.05, 4.69) is 9.69 Å². The molecule has 0 atom stereocenters. The fourth-order valence-corrected chi connectivity index (χ4v) is 6.19. The van der Waals surface area contributed by atoms with Crippen molar-refractivity contribution >= 4 is 59.8 Å². The van der Waals surface area contributed by atoms with Gasteiger partial charge in [0, 0.05) is 42.4 Å². The van der Waals surface area contributed by atoms with Gasteiger partial charge in [0.05, 0.1) is 24.3 Å². The first-order chi connectivity index (χ1) is 18.3. The number of hydrogen-bond acceptors (Lipinski definition) is 4. The van der Waals surface area contributed by atoms with Crippen molar-refractivity contribution in [2.24, 2.45) is 0 Å². The number of nitriles is 2. The Morgan fingerprint density at radius 3 is 1.97 bits per heavy atom. The van der Waals surface area contributed by atoms with Crippen LogP contribution in [0.1, 0.15) is 16.7 Å². The van der Waals surface area contributed by atoms with Gasteiger partial charge in [0.25, 0.3) is 0 Å². The molecular formula is C28H8F4N4S2. The molecule has 38 heavy (non-hydrogen) atoms. The van der Waals surface area contributed by atoms with E-state index in [1.807, 2.05) is 6.07 Å². The minimum atomic E-state index is -1.05. The molecule has 0 fully saturated rings. The number of hydrogen-bond donors (Lipinski definition) is 0. The van der Waals surface area contributed by atoms with Crippen LogP contribution in [0.4, 0.5) is 23.2 Å². The van der Waals surface area contributed by atoms with Gasteiger partial charge in [0.2, 0.25) is 11.4 Å². The molecule has 0 saturated heterocycles. The van der Waals surface area contributed by atoms with Gasteiger partial charge in [0.1, 0.15) is 35.4 Å². The molecule has 0 aliphatic rings. The Balaban J connectivity index is 2.05. The van der Waals surface area contributed by atoms with Crippen LogP contribution in [0.15, 0.2) is 47.2 Å². The molecule has 0 spiro atoms. The zero-order valence-electron chi connectivity index (χ0n) is 18.7. The maximum Gasteiger partial charge on any atom is 0.222 e. The lowest BCUT2D eigenvalue weighted by atomic mass is 9.97. The van der Waals surface area contributed by atoms with Crippen LogP contribution < -0.4 is 10.4 Å². The molecule has 0 radical (unpaired) electrons. The summed E-state index contributed by atoms with van der Waals surface area (Å²) in [6, 6.07) is 10.0. The molecule has 0 aliphatic carbocycles. The summed E-state index contributed by atoms with van der Waals surface area (Å²) in [5, 5.41) is 24.3. The van der Waals surface area contributed by atoms with Crippen molar-refractivity contribution in [2.45, 2.75) is 0 Å². The molecule has 0 bridgehead atoms. The standard InChI is InChI=1S/C28H8F4N4S2/c1-35-23-8-16(20(30)10-22(23)32)18(12-34)24-14-3-5-38-28(14)25(15-4-6-37-27(15)24)26(36-2)17-7-13(11-33)19(29)9-21(17)31/h3-10H/b24-18-,26-25+. The van der Waals surface area contributed by atoms with Crippen LogP contribution >= 0.6 is 22.7 Å². The lowest BCUT2D eigenvalue weighted by molar-refractivity contribution is 0.578. The maximum atomic E-state index is 14.9. The highest BCUT2D eigenvalue weighted by atomic mass is 32.1. The number of benzene rings is 3. The summed E-state index contributed by atoms with van der Waals surface area (Å²) in [7, 11) is 0. The van der Waals surface area contributed by atoms with Crippen LogP contribution in [0.5, 0.6) is 0 Å². The quantitative estimate of drug-likeness (QED) is 0.181. The summed E-state index contributed by atoms with van der Waals surface area (Å²) in [4.78, 5) is 6.62. The van der Waals surface area contributed by atoms with E-state index in [0.29, 0.717) is 42.7 Å². The smallest absolute Gasteiger partial charge is 0.222 e. The second-order valence-electron chi connectivity index (χ2n) is 7.84. The summed E-state index contributed by atoms with van der Waals surface area (Å²) in [5.41, 5.74) is -1.69. The predicted octanol–water partition coefficient (Wildman–Crippen LogP) is 6.89. The van der Waals surface area contributed by atoms with Crippen molar-refractivity contribution in [2.75, 3.05) is 0 Å². The van der Waals surface area contributed by atoms with E-state index in [9.17, 15) is 28.1 Å². The minimum absolute atomic E-state index is 0.140. The summed E-state index contributed by atoms with van der Waals surface area (Å²) < 4.78 is 58.8. The van der Waals surface area contributed by atoms with E-state index in [0.717, 1.165) is 12.1 Å². The minimum Gasteiger partial charge on any atom is -0.237 e. The molecule has 5 rings (SSSR count). The van der Waals surface area contributed by atoms with Crippen molar-refractivity contribution < 1.29 is 17.6 Å². The first-order valence-corrected chi connectivity index (χ1v) is 12.3. The van der Waals surface area contributed by atoms with E-state index >= 15 is 0 Å². The first-order valence-electron chi connectivity index (χ1n) is 10.5. The highest BCUT2D eigenvalue weighted by Crippen LogP contribution is 2.30. The lowest BCUT2D eigenvalue weighted by Gasteiger charge is -2.09. The molecule has 180 valence electrons. The summed E-state index contributed by atoms with van der Waals surface area (Å²) in [6.45, 7) is 15.0. The first kappa shape index (κ1) is 24.7. The molecular weight excluding hydrogens is 532 g/mol. The second-order valence-corrected chi connectivity index (χ2v) is 9.68. The van der Waals surface area contributed by atoms with Crippen LogP contribution in [0, 0.1) is 59.1 Å². The molecule has 2 aromatic heterocycles. The monoisotopic (exact) mass is 540 g/mol. The Bertz CT molecular complexity index is 1920. The van der Waals surface area contributed by atoms with E-state index in [1.54, 1.807) is 29.0 Å². The number of rotatable bonds is 2. The largest absolute Gasteiger partial charge is 0.237 e. The molecule has 0 unspecified atom stereocenters. The van der Waals surface area contributed by atoms with Crippen molar-refractivity contribution in [3.8, 4) is 12.1 Å². The van der Waals surface area contributed by atoms with E-state index < -0.39 is 34.5 Å². The van der Waals surface area contributed by atoms with E-state index in [1.165, 1.54) is 22.7 Å². The molecule has 0 saturated carbocycles. The van der Waals surface area contributed by atoms with E-state index in [-0.39, 0.29) is 22.4 Å². The predicted molar refractivity (Wildman–Crippen MR) is 137 cm³/mol. The molecule has 0 N–H and O–H groups in total. The van der Waals surface area contributed by atoms with Crippen LogP contribution in [0.2, 0.25) is 0 Å². The molecule has 0 amide bonds. The highest BCUT2D eigenvalue weighted by Gasteiger charge is 2.21. The van der Waals surface area contributed by atoms with Gasteiger partial charge in [-0.3, -0.25) is 0 Å². The number of fused-ring (bicyclic) bond motifs is 2. The topological polar surface area (TPSA) is 56.3 Å². The van der Waals surface area contributed by atoms with Crippen molar-refractivity contribution in [3.63, 3.8) is 0 Å². The molecule has 4 nitrogen and oxygen atoms in total. The van der Waals surface area contributed by atoms with Gasteiger partial charge in [-0.1, -0.05) is 0 Å². The van der Waals surface area contributed by atoms with Crippen molar-refractivity contribution in [1.82, 2.24) is 0 Å². The number of halogens is 4. The summed E-state index contributed by atoms with van der Waals surface area (Å²) >= 11 is 2.39. The van der Waals surface area contributed by atoms with Gasteiger partial charge in [0.15, 0.2) is 0 Å². The maximum absolute atomic E-state index is 14.9. The van der Waals surface area contributed by atoms with Gasteiger partial charge < -0.3 is 0 Å². The average molecular weight is 541 g/mol. The van der Waals surface area contributed by atoms with Crippen LogP contribution in [-0.4, -0.2) is 0 Å². The highest BCUT2D eigenvalue weighted by molar-refractivity contribution is 7.18. The summed E-state index contributed by atoms with van der Waals surface area (Å²) in [6.07, 6.45) is 0. The molecule has 2 heterocycles. The Hall–Kier alpha value is -5.00. The number of nitrogens with zero attached hydrogens (tertiary/aromatic N) is 4. The fraction of sp³-hybridized carbons (Fsp3) is 0. The van der Waals surface area contributed by atoms with E-state index in [4.69, 9.17) is 13.1 Å². The van der Waals surface area contributed by atoms with Crippen LogP contribution in [-0.2, 0) is 0 Å². The third-order valence-corrected chi connectivity index (χ3v) is 7.76. The van der Waals surface area contributed by atoms with Crippen LogP contribution in [0.3, 0.4) is 0 Å². The molecule has 0 aliphatic heterocycles. The third-order valence-electron chi connectivity index (χ3n) is 5.89. The van der Waals surface area contributed by atoms with Crippen LogP contribution in [0.25, 0.3) is 41.1 Å². The molecule has 10 heteroatoms. The lowest BCUT2D eigenvalue weighted by Crippen LogP contribution is -2.17. The normalized spacial score (nSPS) is 12.4.